The summed E-state index contributed by atoms with van der Waals surface area (Å²) < 4.78 is 0. The molecule has 1 saturated heterocycles. The number of amides is 1. The fourth-order valence-electron chi connectivity index (χ4n) is 3.02. The van der Waals surface area contributed by atoms with Crippen molar-refractivity contribution in [3.05, 3.63) is 62.1 Å². The Kier molecular flexibility index (Phi) is 5.64. The Labute approximate surface area is 160 Å². The summed E-state index contributed by atoms with van der Waals surface area (Å²) in [5.41, 5.74) is 1.16. The molecule has 0 aliphatic carbocycles. The van der Waals surface area contributed by atoms with E-state index in [4.69, 9.17) is 23.2 Å². The number of nitro benzene ring substituents is 1. The normalized spacial score (nSPS) is 14.2. The Morgan fingerprint density at radius 2 is 1.85 bits per heavy atom. The highest BCUT2D eigenvalue weighted by atomic mass is 35.5. The third-order valence-electron chi connectivity index (χ3n) is 4.33. The quantitative estimate of drug-likeness (QED) is 0.575. The second-order valence-corrected chi connectivity index (χ2v) is 6.85. The molecule has 6 nitrogen and oxygen atoms in total. The predicted octanol–water partition coefficient (Wildman–Crippen LogP) is 5.14. The molecule has 1 aliphatic heterocycles. The minimum atomic E-state index is -0.511. The fourth-order valence-corrected chi connectivity index (χ4v) is 3.37. The molecule has 0 atom stereocenters. The molecule has 1 fully saturated rings. The second-order valence-electron chi connectivity index (χ2n) is 6.06. The molecular weight excluding hydrogens is 377 g/mol. The van der Waals surface area contributed by atoms with E-state index in [0.29, 0.717) is 16.4 Å². The zero-order chi connectivity index (χ0) is 18.7. The van der Waals surface area contributed by atoms with E-state index in [-0.39, 0.29) is 16.3 Å². The molecule has 0 saturated carbocycles. The Morgan fingerprint density at radius 1 is 1.12 bits per heavy atom. The van der Waals surface area contributed by atoms with E-state index >= 15 is 0 Å². The molecule has 26 heavy (non-hydrogen) atoms. The number of rotatable bonds is 4. The van der Waals surface area contributed by atoms with Gasteiger partial charge in [0.1, 0.15) is 0 Å². The maximum Gasteiger partial charge on any atom is 0.270 e. The smallest absolute Gasteiger partial charge is 0.270 e. The van der Waals surface area contributed by atoms with Crippen molar-refractivity contribution in [2.75, 3.05) is 23.3 Å². The first-order valence-electron chi connectivity index (χ1n) is 8.26. The zero-order valence-corrected chi connectivity index (χ0v) is 15.4. The number of piperidine rings is 1. The van der Waals surface area contributed by atoms with E-state index < -0.39 is 10.8 Å². The number of nitro groups is 1. The van der Waals surface area contributed by atoms with Crippen LogP contribution in [0.3, 0.4) is 0 Å². The number of non-ortho nitro benzene ring substituents is 1. The van der Waals surface area contributed by atoms with Crippen molar-refractivity contribution in [2.24, 2.45) is 0 Å². The van der Waals surface area contributed by atoms with Gasteiger partial charge in [-0.25, -0.2) is 0 Å². The van der Waals surface area contributed by atoms with Crippen molar-refractivity contribution in [1.82, 2.24) is 0 Å². The Morgan fingerprint density at radius 3 is 2.54 bits per heavy atom. The van der Waals surface area contributed by atoms with Crippen molar-refractivity contribution < 1.29 is 9.72 Å². The molecule has 0 bridgehead atoms. The number of nitrogens with zero attached hydrogens (tertiary/aromatic N) is 2. The van der Waals surface area contributed by atoms with Crippen LogP contribution in [0, 0.1) is 10.1 Å². The molecule has 1 N–H and O–H groups in total. The first-order valence-corrected chi connectivity index (χ1v) is 9.01. The molecule has 1 heterocycles. The molecule has 0 spiro atoms. The molecule has 1 amide bonds. The highest BCUT2D eigenvalue weighted by Crippen LogP contribution is 2.32. The van der Waals surface area contributed by atoms with Crippen molar-refractivity contribution in [2.45, 2.75) is 19.3 Å². The third kappa shape index (κ3) is 3.92. The van der Waals surface area contributed by atoms with Crippen LogP contribution in [0.1, 0.15) is 29.6 Å². The van der Waals surface area contributed by atoms with E-state index in [0.717, 1.165) is 32.4 Å². The average Bonchev–Trinajstić information content (AvgIpc) is 2.65. The van der Waals surface area contributed by atoms with E-state index in [1.54, 1.807) is 24.3 Å². The van der Waals surface area contributed by atoms with Gasteiger partial charge in [0.05, 0.1) is 31.9 Å². The summed E-state index contributed by atoms with van der Waals surface area (Å²) in [6.45, 7) is 1.63. The van der Waals surface area contributed by atoms with E-state index in [2.05, 4.69) is 10.2 Å². The van der Waals surface area contributed by atoms with Crippen LogP contribution in [0.4, 0.5) is 17.1 Å². The van der Waals surface area contributed by atoms with Crippen LogP contribution in [-0.2, 0) is 0 Å². The lowest BCUT2D eigenvalue weighted by Gasteiger charge is -2.30. The number of carbonyl (C=O) groups is 1. The van der Waals surface area contributed by atoms with Crippen molar-refractivity contribution in [3.63, 3.8) is 0 Å². The summed E-state index contributed by atoms with van der Waals surface area (Å²) in [7, 11) is 0. The number of hydrogen-bond acceptors (Lipinski definition) is 4. The lowest BCUT2D eigenvalue weighted by molar-refractivity contribution is -0.384. The fraction of sp³-hybridized carbons (Fsp3) is 0.278. The minimum absolute atomic E-state index is 0.131. The molecule has 0 unspecified atom stereocenters. The van der Waals surface area contributed by atoms with Crippen molar-refractivity contribution in [3.8, 4) is 0 Å². The SMILES string of the molecule is O=C(Nc1cccc(Cl)c1Cl)c1cc([N+](=O)[O-])ccc1N1CCCCC1. The summed E-state index contributed by atoms with van der Waals surface area (Å²) in [4.78, 5) is 25.6. The summed E-state index contributed by atoms with van der Waals surface area (Å²) in [5.74, 6) is -0.460. The van der Waals surface area contributed by atoms with Gasteiger partial charge in [0.15, 0.2) is 0 Å². The van der Waals surface area contributed by atoms with Gasteiger partial charge >= 0.3 is 0 Å². The Balaban J connectivity index is 1.97. The molecule has 1 aliphatic rings. The first kappa shape index (κ1) is 18.5. The monoisotopic (exact) mass is 393 g/mol. The van der Waals surface area contributed by atoms with Gasteiger partial charge in [-0.05, 0) is 37.5 Å². The van der Waals surface area contributed by atoms with E-state index in [1.165, 1.54) is 12.1 Å². The molecule has 136 valence electrons. The van der Waals surface area contributed by atoms with Crippen LogP contribution in [0.2, 0.25) is 10.0 Å². The molecule has 0 radical (unpaired) electrons. The van der Waals surface area contributed by atoms with Crippen LogP contribution in [0.15, 0.2) is 36.4 Å². The molecular formula is C18H17Cl2N3O3. The summed E-state index contributed by atoms with van der Waals surface area (Å²) in [5, 5.41) is 14.4. The van der Waals surface area contributed by atoms with Crippen LogP contribution in [0.25, 0.3) is 0 Å². The van der Waals surface area contributed by atoms with E-state index in [1.807, 2.05) is 0 Å². The van der Waals surface area contributed by atoms with Gasteiger partial charge in [-0.15, -0.1) is 0 Å². The number of nitrogens with one attached hydrogen (secondary N) is 1. The molecule has 2 aromatic rings. The molecule has 0 aromatic heterocycles. The molecule has 8 heteroatoms. The van der Waals surface area contributed by atoms with Crippen LogP contribution < -0.4 is 10.2 Å². The molecule has 3 rings (SSSR count). The summed E-state index contributed by atoms with van der Waals surface area (Å²) in [6.07, 6.45) is 3.19. The predicted molar refractivity (Wildman–Crippen MR) is 104 cm³/mol. The zero-order valence-electron chi connectivity index (χ0n) is 13.9. The number of benzene rings is 2. The van der Waals surface area contributed by atoms with Gasteiger partial charge in [-0.2, -0.15) is 0 Å². The van der Waals surface area contributed by atoms with Crippen molar-refractivity contribution >= 4 is 46.2 Å². The van der Waals surface area contributed by atoms with Crippen molar-refractivity contribution in [1.29, 1.82) is 0 Å². The third-order valence-corrected chi connectivity index (χ3v) is 5.15. The average molecular weight is 394 g/mol. The Bertz CT molecular complexity index is 852. The maximum atomic E-state index is 12.9. The van der Waals surface area contributed by atoms with Crippen LogP contribution >= 0.6 is 23.2 Å². The van der Waals surface area contributed by atoms with E-state index in [9.17, 15) is 14.9 Å². The number of anilines is 2. The highest BCUT2D eigenvalue weighted by molar-refractivity contribution is 6.44. The second kappa shape index (κ2) is 7.93. The highest BCUT2D eigenvalue weighted by Gasteiger charge is 2.22. The van der Waals surface area contributed by atoms with Gasteiger partial charge in [0.25, 0.3) is 11.6 Å². The Hall–Kier alpha value is -2.31. The van der Waals surface area contributed by atoms with Crippen LogP contribution in [-0.4, -0.2) is 23.9 Å². The lowest BCUT2D eigenvalue weighted by atomic mass is 10.1. The molecule has 2 aromatic carbocycles. The standard InChI is InChI=1S/C18H17Cl2N3O3/c19-14-5-4-6-15(17(14)20)21-18(24)13-11-12(23(25)26)7-8-16(13)22-9-2-1-3-10-22/h4-8,11H,1-3,9-10H2,(H,21,24). The minimum Gasteiger partial charge on any atom is -0.371 e. The number of halogens is 2. The van der Waals surface area contributed by atoms with Gasteiger partial charge in [0.2, 0.25) is 0 Å². The summed E-state index contributed by atoms with van der Waals surface area (Å²) in [6, 6.07) is 9.28. The first-order chi connectivity index (χ1) is 12.5. The van der Waals surface area contributed by atoms with Gasteiger partial charge < -0.3 is 10.2 Å². The van der Waals surface area contributed by atoms with Gasteiger partial charge in [0, 0.05) is 25.2 Å². The van der Waals surface area contributed by atoms with Gasteiger partial charge in [-0.1, -0.05) is 29.3 Å². The largest absolute Gasteiger partial charge is 0.371 e. The topological polar surface area (TPSA) is 75.5 Å². The lowest BCUT2D eigenvalue weighted by Crippen LogP contribution is -2.31. The van der Waals surface area contributed by atoms with Gasteiger partial charge in [-0.3, -0.25) is 14.9 Å². The number of hydrogen-bond donors (Lipinski definition) is 1. The number of carbonyl (C=O) groups excluding carboxylic acids is 1. The van der Waals surface area contributed by atoms with Crippen LogP contribution in [0.5, 0.6) is 0 Å². The maximum absolute atomic E-state index is 12.9. The summed E-state index contributed by atoms with van der Waals surface area (Å²) >= 11 is 12.1.